The highest BCUT2D eigenvalue weighted by Gasteiger charge is 2.10. The summed E-state index contributed by atoms with van der Waals surface area (Å²) in [5.41, 5.74) is 0.551. The van der Waals surface area contributed by atoms with Crippen molar-refractivity contribution in [1.29, 1.82) is 0 Å². The Hall–Kier alpha value is -0.440. The quantitative estimate of drug-likeness (QED) is 0.224. The van der Waals surface area contributed by atoms with Crippen molar-refractivity contribution in [3.8, 4) is 0 Å². The Morgan fingerprint density at radius 1 is 0.808 bits per heavy atom. The van der Waals surface area contributed by atoms with E-state index in [9.17, 15) is 8.42 Å². The van der Waals surface area contributed by atoms with E-state index in [1.54, 1.807) is 25.1 Å². The van der Waals surface area contributed by atoms with Crippen LogP contribution in [0.4, 0.5) is 0 Å². The molecule has 1 aromatic rings. The van der Waals surface area contributed by atoms with Crippen LogP contribution in [0.15, 0.2) is 29.2 Å². The van der Waals surface area contributed by atoms with Crippen molar-refractivity contribution < 1.29 is 13.0 Å². The van der Waals surface area contributed by atoms with E-state index in [1.807, 2.05) is 0 Å². The second-order valence-corrected chi connectivity index (χ2v) is 8.89. The molecule has 0 aliphatic heterocycles. The Kier molecular flexibility index (Phi) is 16.4. The standard InChI is InChI=1S/C14H31P.C7H8O3S/c1-2-3-4-5-6-7-8-9-10-11-12-13-14-15;1-6-4-2-3-5-7(6)11(8,9)10/h2-15H2,1H3;2-5H,1H3,(H,8,9,10). The minimum atomic E-state index is -4.03. The van der Waals surface area contributed by atoms with Crippen molar-refractivity contribution in [3.05, 3.63) is 29.8 Å². The van der Waals surface area contributed by atoms with Gasteiger partial charge in [0.05, 0.1) is 4.90 Å². The molecule has 0 saturated heterocycles. The number of rotatable bonds is 13. The fraction of sp³-hybridized carbons (Fsp3) is 0.714. The predicted octanol–water partition coefficient (Wildman–Crippen LogP) is 6.80. The van der Waals surface area contributed by atoms with Gasteiger partial charge in [0.1, 0.15) is 0 Å². The SMILES string of the molecule is CCCCCCCCCCCCCCP.Cc1ccccc1S(=O)(=O)O. The highest BCUT2D eigenvalue weighted by Crippen LogP contribution is 2.13. The molecule has 1 aromatic carbocycles. The molecule has 0 saturated carbocycles. The molecule has 5 heteroatoms. The van der Waals surface area contributed by atoms with Crippen LogP contribution in [0.1, 0.15) is 89.5 Å². The first kappa shape index (κ1) is 25.6. The molecule has 3 nitrogen and oxygen atoms in total. The molecule has 26 heavy (non-hydrogen) atoms. The van der Waals surface area contributed by atoms with Gasteiger partial charge in [-0.3, -0.25) is 4.55 Å². The summed E-state index contributed by atoms with van der Waals surface area (Å²) < 4.78 is 29.9. The number of aryl methyl sites for hydroxylation is 1. The maximum Gasteiger partial charge on any atom is 0.294 e. The molecular weight excluding hydrogens is 363 g/mol. The van der Waals surface area contributed by atoms with Crippen LogP contribution in [-0.4, -0.2) is 19.1 Å². The van der Waals surface area contributed by atoms with Gasteiger partial charge in [-0.1, -0.05) is 95.8 Å². The summed E-state index contributed by atoms with van der Waals surface area (Å²) in [7, 11) is -1.22. The second-order valence-electron chi connectivity index (χ2n) is 6.92. The van der Waals surface area contributed by atoms with Gasteiger partial charge in [0, 0.05) is 0 Å². The van der Waals surface area contributed by atoms with E-state index >= 15 is 0 Å². The first-order valence-corrected chi connectivity index (χ1v) is 12.4. The Morgan fingerprint density at radius 2 is 1.23 bits per heavy atom. The van der Waals surface area contributed by atoms with Crippen LogP contribution in [-0.2, 0) is 10.1 Å². The maximum atomic E-state index is 10.6. The van der Waals surface area contributed by atoms with Crippen LogP contribution in [0, 0.1) is 6.92 Å². The van der Waals surface area contributed by atoms with E-state index in [0.717, 1.165) is 0 Å². The molecule has 0 amide bonds. The molecule has 1 unspecified atom stereocenters. The minimum Gasteiger partial charge on any atom is -0.282 e. The summed E-state index contributed by atoms with van der Waals surface area (Å²) in [5.74, 6) is 0. The average molecular weight is 403 g/mol. The third kappa shape index (κ3) is 14.7. The molecule has 0 aliphatic carbocycles. The van der Waals surface area contributed by atoms with E-state index in [-0.39, 0.29) is 4.90 Å². The molecule has 1 N–H and O–H groups in total. The van der Waals surface area contributed by atoms with E-state index < -0.39 is 10.1 Å². The van der Waals surface area contributed by atoms with Crippen molar-refractivity contribution in [2.24, 2.45) is 0 Å². The molecular formula is C21H39O3PS. The van der Waals surface area contributed by atoms with Crippen LogP contribution in [0.2, 0.25) is 0 Å². The van der Waals surface area contributed by atoms with Gasteiger partial charge in [-0.05, 0) is 31.1 Å². The van der Waals surface area contributed by atoms with E-state index in [2.05, 4.69) is 16.2 Å². The van der Waals surface area contributed by atoms with Crippen molar-refractivity contribution in [2.75, 3.05) is 6.16 Å². The molecule has 0 aromatic heterocycles. The molecule has 152 valence electrons. The van der Waals surface area contributed by atoms with Gasteiger partial charge in [-0.25, -0.2) is 0 Å². The molecule has 1 atom stereocenters. The lowest BCUT2D eigenvalue weighted by atomic mass is 10.1. The lowest BCUT2D eigenvalue weighted by molar-refractivity contribution is 0.482. The minimum absolute atomic E-state index is 0.0278. The Balaban J connectivity index is 0.000000502. The summed E-state index contributed by atoms with van der Waals surface area (Å²) >= 11 is 0. The van der Waals surface area contributed by atoms with Gasteiger partial charge in [-0.15, -0.1) is 9.24 Å². The number of unbranched alkanes of at least 4 members (excludes halogenated alkanes) is 11. The van der Waals surface area contributed by atoms with Crippen LogP contribution in [0.25, 0.3) is 0 Å². The molecule has 0 fully saturated rings. The third-order valence-corrected chi connectivity index (χ3v) is 5.85. The van der Waals surface area contributed by atoms with E-state index in [4.69, 9.17) is 4.55 Å². The monoisotopic (exact) mass is 402 g/mol. The summed E-state index contributed by atoms with van der Waals surface area (Å²) in [6, 6.07) is 6.27. The Morgan fingerprint density at radius 3 is 1.58 bits per heavy atom. The Bertz CT molecular complexity index is 532. The summed E-state index contributed by atoms with van der Waals surface area (Å²) in [4.78, 5) is -0.0278. The molecule has 1 rings (SSSR count). The van der Waals surface area contributed by atoms with Crippen molar-refractivity contribution >= 4 is 19.4 Å². The van der Waals surface area contributed by atoms with Crippen molar-refractivity contribution in [3.63, 3.8) is 0 Å². The highest BCUT2D eigenvalue weighted by atomic mass is 32.2. The second kappa shape index (κ2) is 16.7. The van der Waals surface area contributed by atoms with Crippen LogP contribution >= 0.6 is 9.24 Å². The number of hydrogen-bond donors (Lipinski definition) is 1. The van der Waals surface area contributed by atoms with Gasteiger partial charge in [0.15, 0.2) is 0 Å². The zero-order valence-corrected chi connectivity index (χ0v) is 18.7. The summed E-state index contributed by atoms with van der Waals surface area (Å²) in [6.45, 7) is 3.91. The highest BCUT2D eigenvalue weighted by molar-refractivity contribution is 7.85. The van der Waals surface area contributed by atoms with E-state index in [1.165, 1.54) is 89.3 Å². The van der Waals surface area contributed by atoms with E-state index in [0.29, 0.717) is 5.56 Å². The average Bonchev–Trinajstić information content (AvgIpc) is 2.60. The lowest BCUT2D eigenvalue weighted by Gasteiger charge is -2.01. The van der Waals surface area contributed by atoms with Crippen molar-refractivity contribution in [1.82, 2.24) is 0 Å². The number of hydrogen-bond acceptors (Lipinski definition) is 2. The fourth-order valence-corrected chi connectivity index (χ4v) is 3.85. The van der Waals surface area contributed by atoms with Crippen LogP contribution in [0.3, 0.4) is 0 Å². The predicted molar refractivity (Wildman–Crippen MR) is 117 cm³/mol. The molecule has 0 radical (unpaired) electrons. The van der Waals surface area contributed by atoms with Gasteiger partial charge in [-0.2, -0.15) is 8.42 Å². The molecule has 0 spiro atoms. The summed E-state index contributed by atoms with van der Waals surface area (Å²) in [6.07, 6.45) is 18.7. The maximum absolute atomic E-state index is 10.6. The van der Waals surface area contributed by atoms with Gasteiger partial charge < -0.3 is 0 Å². The smallest absolute Gasteiger partial charge is 0.282 e. The molecule has 0 heterocycles. The normalized spacial score (nSPS) is 11.1. The van der Waals surface area contributed by atoms with Gasteiger partial charge >= 0.3 is 0 Å². The first-order chi connectivity index (χ1) is 12.4. The Labute approximate surface area is 164 Å². The van der Waals surface area contributed by atoms with Crippen LogP contribution in [0.5, 0.6) is 0 Å². The zero-order valence-electron chi connectivity index (χ0n) is 16.8. The largest absolute Gasteiger partial charge is 0.294 e. The zero-order chi connectivity index (χ0) is 19.7. The van der Waals surface area contributed by atoms with Gasteiger partial charge in [0.25, 0.3) is 10.1 Å². The van der Waals surface area contributed by atoms with Gasteiger partial charge in [0.2, 0.25) is 0 Å². The lowest BCUT2D eigenvalue weighted by Crippen LogP contribution is -1.99. The third-order valence-electron chi connectivity index (χ3n) is 4.43. The first-order valence-electron chi connectivity index (χ1n) is 10.2. The molecule has 0 bridgehead atoms. The van der Waals surface area contributed by atoms with Crippen LogP contribution < -0.4 is 0 Å². The molecule has 0 aliphatic rings. The topological polar surface area (TPSA) is 54.4 Å². The van der Waals surface area contributed by atoms with Crippen molar-refractivity contribution in [2.45, 2.75) is 95.8 Å². The summed E-state index contributed by atoms with van der Waals surface area (Å²) in [5, 5.41) is 0. The fourth-order valence-electron chi connectivity index (χ4n) is 2.83. The number of benzene rings is 1.